The molecule has 1 aromatic carbocycles. The summed E-state index contributed by atoms with van der Waals surface area (Å²) < 4.78 is 0. The molecule has 5 rings (SSSR count). The van der Waals surface area contributed by atoms with Crippen LogP contribution in [0.5, 0.6) is 5.75 Å². The molecule has 32 heavy (non-hydrogen) atoms. The Morgan fingerprint density at radius 2 is 1.91 bits per heavy atom. The van der Waals surface area contributed by atoms with Gasteiger partial charge in [-0.25, -0.2) is 0 Å². The number of fused-ring (bicyclic) bond motifs is 4. The molecule has 170 valence electrons. The minimum atomic E-state index is -1.08. The third-order valence-electron chi connectivity index (χ3n) is 6.82. The topological polar surface area (TPSA) is 83.4 Å². The molecule has 0 amide bonds. The molecule has 1 unspecified atom stereocenters. The number of carboxylic acid groups (broad SMARTS) is 1. The number of nitrogens with zero attached hydrogens (tertiary/aromatic N) is 2. The lowest BCUT2D eigenvalue weighted by Gasteiger charge is -2.32. The number of likely N-dealkylation sites (tertiary alicyclic amines) is 1. The van der Waals surface area contributed by atoms with Gasteiger partial charge in [0.1, 0.15) is 17.5 Å². The van der Waals surface area contributed by atoms with Gasteiger partial charge in [0.2, 0.25) is 0 Å². The lowest BCUT2D eigenvalue weighted by molar-refractivity contribution is -0.581. The molecule has 4 aliphatic rings. The molecule has 3 N–H and O–H groups in total. The zero-order valence-electron chi connectivity index (χ0n) is 19.2. The summed E-state index contributed by atoms with van der Waals surface area (Å²) in [5, 5.41) is 21.3. The van der Waals surface area contributed by atoms with Crippen LogP contribution in [0.3, 0.4) is 0 Å². The Morgan fingerprint density at radius 3 is 2.62 bits per heavy atom. The average Bonchev–Trinajstić information content (AvgIpc) is 3.15. The van der Waals surface area contributed by atoms with Gasteiger partial charge >= 0.3 is 0 Å². The molecule has 1 atom stereocenters. The SMILES string of the molecule is CC(=O)[O-].CC1=C2c3cc(O)ccc3[NH2+]C2C(C)=C2C=CN(CCN3CCCCC3)C=C12. The molecule has 1 saturated heterocycles. The first-order valence-electron chi connectivity index (χ1n) is 11.5. The largest absolute Gasteiger partial charge is 0.550 e. The van der Waals surface area contributed by atoms with E-state index in [1.54, 1.807) is 6.07 Å². The van der Waals surface area contributed by atoms with Crippen LogP contribution in [0.25, 0.3) is 5.57 Å². The van der Waals surface area contributed by atoms with Crippen molar-refractivity contribution >= 4 is 17.2 Å². The van der Waals surface area contributed by atoms with Crippen LogP contribution in [-0.2, 0) is 4.79 Å². The number of hydrogen-bond acceptors (Lipinski definition) is 5. The second-order valence-electron chi connectivity index (χ2n) is 9.04. The second kappa shape index (κ2) is 9.35. The zero-order valence-corrected chi connectivity index (χ0v) is 19.2. The van der Waals surface area contributed by atoms with Crippen molar-refractivity contribution in [3.63, 3.8) is 0 Å². The Balaban J connectivity index is 0.000000567. The minimum absolute atomic E-state index is 0.327. The van der Waals surface area contributed by atoms with E-state index in [1.807, 2.05) is 12.1 Å². The molecule has 6 nitrogen and oxygen atoms in total. The Hall–Kier alpha value is -2.83. The quantitative estimate of drug-likeness (QED) is 0.561. The standard InChI is InChI=1S/C24H29N3O.C2H4O2/c1-16-21-15-27(13-12-26-9-4-3-5-10-26)11-8-19(21)17(2)24-23(16)20-14-18(28)6-7-22(20)25-24;1-2(3)4/h6-8,11,14-15,24-25,28H,3-5,9-10,12-13H2,1-2H3;1H3,(H,3,4). The average molecular weight is 436 g/mol. The number of carbonyl (C=O) groups is 1. The molecule has 6 heteroatoms. The van der Waals surface area contributed by atoms with Gasteiger partial charge in [0.15, 0.2) is 0 Å². The van der Waals surface area contributed by atoms with Gasteiger partial charge in [-0.2, -0.15) is 0 Å². The molecular weight excluding hydrogens is 402 g/mol. The number of quaternary nitrogens is 1. The number of aromatic hydroxyl groups is 1. The number of hydrogen-bond donors (Lipinski definition) is 2. The summed E-state index contributed by atoms with van der Waals surface area (Å²) in [6, 6.07) is 6.09. The van der Waals surface area contributed by atoms with Crippen molar-refractivity contribution in [1.29, 1.82) is 0 Å². The van der Waals surface area contributed by atoms with Gasteiger partial charge in [0.05, 0.1) is 0 Å². The number of allylic oxidation sites excluding steroid dienone is 4. The van der Waals surface area contributed by atoms with Crippen molar-refractivity contribution in [2.24, 2.45) is 0 Å². The summed E-state index contributed by atoms with van der Waals surface area (Å²) in [5.74, 6) is -0.735. The van der Waals surface area contributed by atoms with E-state index in [-0.39, 0.29) is 0 Å². The Morgan fingerprint density at radius 1 is 1.19 bits per heavy atom. The van der Waals surface area contributed by atoms with Crippen molar-refractivity contribution in [3.05, 3.63) is 64.5 Å². The Labute approximate surface area is 190 Å². The first-order chi connectivity index (χ1) is 15.3. The molecule has 3 aliphatic heterocycles. The van der Waals surface area contributed by atoms with Crippen LogP contribution >= 0.6 is 0 Å². The molecule has 1 aromatic rings. The van der Waals surface area contributed by atoms with Crippen LogP contribution in [-0.4, -0.2) is 53.1 Å². The number of phenolic OH excluding ortho intramolecular Hbond substituents is 1. The van der Waals surface area contributed by atoms with E-state index in [9.17, 15) is 5.11 Å². The lowest BCUT2D eigenvalue weighted by Crippen LogP contribution is -2.82. The highest BCUT2D eigenvalue weighted by Crippen LogP contribution is 2.44. The van der Waals surface area contributed by atoms with Crippen LogP contribution in [0.2, 0.25) is 0 Å². The van der Waals surface area contributed by atoms with E-state index >= 15 is 0 Å². The molecular formula is C26H33N3O3. The molecule has 0 spiro atoms. The normalized spacial score (nSPS) is 22.0. The lowest BCUT2D eigenvalue weighted by atomic mass is 9.79. The molecule has 0 radical (unpaired) electrons. The van der Waals surface area contributed by atoms with E-state index in [2.05, 4.69) is 47.4 Å². The molecule has 0 saturated carbocycles. The van der Waals surface area contributed by atoms with Crippen LogP contribution < -0.4 is 10.4 Å². The summed E-state index contributed by atoms with van der Waals surface area (Å²) in [5.41, 5.74) is 9.26. The number of rotatable bonds is 3. The highest BCUT2D eigenvalue weighted by Gasteiger charge is 2.39. The van der Waals surface area contributed by atoms with Gasteiger partial charge in [-0.15, -0.1) is 0 Å². The van der Waals surface area contributed by atoms with E-state index in [4.69, 9.17) is 9.90 Å². The molecule has 3 heterocycles. The number of aliphatic carboxylic acids is 1. The van der Waals surface area contributed by atoms with Gasteiger partial charge in [0.25, 0.3) is 0 Å². The summed E-state index contributed by atoms with van der Waals surface area (Å²) in [6.45, 7) is 10.2. The summed E-state index contributed by atoms with van der Waals surface area (Å²) >= 11 is 0. The monoisotopic (exact) mass is 435 g/mol. The van der Waals surface area contributed by atoms with Crippen molar-refractivity contribution in [2.45, 2.75) is 46.1 Å². The van der Waals surface area contributed by atoms with Crippen LogP contribution in [0, 0.1) is 0 Å². The van der Waals surface area contributed by atoms with Crippen LogP contribution in [0.1, 0.15) is 45.6 Å². The number of benzene rings is 1. The van der Waals surface area contributed by atoms with Gasteiger partial charge in [-0.3, -0.25) is 0 Å². The molecule has 1 fully saturated rings. The number of phenols is 1. The fourth-order valence-electron chi connectivity index (χ4n) is 5.20. The van der Waals surface area contributed by atoms with Gasteiger partial charge in [-0.1, -0.05) is 6.42 Å². The smallest absolute Gasteiger partial charge is 0.140 e. The molecule has 0 bridgehead atoms. The van der Waals surface area contributed by atoms with Crippen molar-refractivity contribution in [3.8, 4) is 5.75 Å². The minimum Gasteiger partial charge on any atom is -0.550 e. The maximum Gasteiger partial charge on any atom is 0.140 e. The highest BCUT2D eigenvalue weighted by atomic mass is 16.4. The second-order valence-corrected chi connectivity index (χ2v) is 9.04. The number of carboxylic acids is 1. The van der Waals surface area contributed by atoms with Crippen molar-refractivity contribution in [2.75, 3.05) is 26.2 Å². The van der Waals surface area contributed by atoms with Crippen LogP contribution in [0.4, 0.5) is 5.69 Å². The zero-order chi connectivity index (χ0) is 22.8. The first-order valence-corrected chi connectivity index (χ1v) is 11.5. The van der Waals surface area contributed by atoms with E-state index < -0.39 is 5.97 Å². The maximum absolute atomic E-state index is 10.0. The summed E-state index contributed by atoms with van der Waals surface area (Å²) in [6.07, 6.45) is 11.0. The third-order valence-corrected chi connectivity index (χ3v) is 6.82. The number of carbonyl (C=O) groups excluding carboxylic acids is 1. The summed E-state index contributed by atoms with van der Waals surface area (Å²) in [7, 11) is 0. The van der Waals surface area contributed by atoms with Gasteiger partial charge < -0.3 is 30.1 Å². The fraction of sp³-hybridized carbons (Fsp3) is 0.423. The van der Waals surface area contributed by atoms with E-state index in [1.165, 1.54) is 71.5 Å². The maximum atomic E-state index is 10.0. The predicted octanol–water partition coefficient (Wildman–Crippen LogP) is 2.03. The van der Waals surface area contributed by atoms with Gasteiger partial charge in [-0.05, 0) is 81.6 Å². The Kier molecular flexibility index (Phi) is 6.53. The first kappa shape index (κ1) is 22.4. The number of piperidine rings is 1. The summed E-state index contributed by atoms with van der Waals surface area (Å²) in [4.78, 5) is 13.8. The predicted molar refractivity (Wildman–Crippen MR) is 124 cm³/mol. The third kappa shape index (κ3) is 4.52. The van der Waals surface area contributed by atoms with E-state index in [0.717, 1.165) is 20.0 Å². The molecule has 0 aromatic heterocycles. The fourth-order valence-corrected chi connectivity index (χ4v) is 5.20. The molecule has 1 aliphatic carbocycles. The van der Waals surface area contributed by atoms with Crippen molar-refractivity contribution in [1.82, 2.24) is 9.80 Å². The Bertz CT molecular complexity index is 1020. The van der Waals surface area contributed by atoms with Crippen LogP contribution in [0.15, 0.2) is 59.0 Å². The number of nitrogens with two attached hydrogens (primary N) is 1. The van der Waals surface area contributed by atoms with Gasteiger partial charge in [0, 0.05) is 54.2 Å². The van der Waals surface area contributed by atoms with Crippen molar-refractivity contribution < 1.29 is 20.3 Å². The van der Waals surface area contributed by atoms with E-state index in [0.29, 0.717) is 11.8 Å². The highest BCUT2D eigenvalue weighted by molar-refractivity contribution is 5.88.